The third-order valence-electron chi connectivity index (χ3n) is 8.32. The van der Waals surface area contributed by atoms with Crippen LogP contribution in [0.5, 0.6) is 0 Å². The summed E-state index contributed by atoms with van der Waals surface area (Å²) in [5.41, 5.74) is 4.84. The van der Waals surface area contributed by atoms with Crippen LogP contribution in [0.25, 0.3) is 28.3 Å². The molecule has 1 saturated carbocycles. The predicted molar refractivity (Wildman–Crippen MR) is 173 cm³/mol. The normalized spacial score (nSPS) is 17.0. The van der Waals surface area contributed by atoms with Gasteiger partial charge in [0.05, 0.1) is 24.0 Å². The predicted octanol–water partition coefficient (Wildman–Crippen LogP) is 4.48. The fourth-order valence-electron chi connectivity index (χ4n) is 6.23. The van der Waals surface area contributed by atoms with Crippen LogP contribution in [0.3, 0.4) is 0 Å². The average molecular weight is 636 g/mol. The van der Waals surface area contributed by atoms with Crippen LogP contribution < -0.4 is 5.56 Å². The van der Waals surface area contributed by atoms with Gasteiger partial charge in [-0.1, -0.05) is 61.9 Å². The molecule has 12 heteroatoms. The van der Waals surface area contributed by atoms with E-state index in [1.807, 2.05) is 40.3 Å². The summed E-state index contributed by atoms with van der Waals surface area (Å²) in [4.78, 5) is 19.1. The van der Waals surface area contributed by atoms with Crippen molar-refractivity contribution in [3.05, 3.63) is 81.5 Å². The van der Waals surface area contributed by atoms with Crippen molar-refractivity contribution in [1.29, 1.82) is 0 Å². The van der Waals surface area contributed by atoms with Gasteiger partial charge in [0.2, 0.25) is 11.6 Å². The minimum Gasteiger partial charge on any atom is -0.388 e. The number of tetrazole rings is 1. The van der Waals surface area contributed by atoms with Gasteiger partial charge in [0.1, 0.15) is 5.82 Å². The number of aromatic nitrogens is 8. The third kappa shape index (κ3) is 7.53. The zero-order valence-electron chi connectivity index (χ0n) is 26.8. The number of hydrogen-bond acceptors (Lipinski definition) is 8. The molecule has 3 heterocycles. The zero-order chi connectivity index (χ0) is 30.8. The third-order valence-corrected chi connectivity index (χ3v) is 8.32. The smallest absolute Gasteiger partial charge is 0.259 e. The molecule has 0 aliphatic heterocycles. The molecule has 3 aromatic heterocycles. The Morgan fingerprint density at radius 3 is 2.40 bits per heavy atom. The van der Waals surface area contributed by atoms with Crippen LogP contribution in [0.4, 0.5) is 0 Å². The summed E-state index contributed by atoms with van der Waals surface area (Å²) in [5.74, 6) is 1.82. The number of H-pyrrole nitrogens is 1. The van der Waals surface area contributed by atoms with Crippen LogP contribution >= 0.6 is 0 Å². The molecule has 0 bridgehead atoms. The van der Waals surface area contributed by atoms with E-state index in [9.17, 15) is 9.90 Å². The van der Waals surface area contributed by atoms with Gasteiger partial charge in [-0.2, -0.15) is 15.3 Å². The first-order valence-electron chi connectivity index (χ1n) is 15.5. The Kier molecular flexibility index (Phi) is 10.8. The monoisotopic (exact) mass is 635 g/mol. The molecule has 6 rings (SSSR count). The number of nitrogens with zero attached hydrogens (tertiary/aromatic N) is 7. The van der Waals surface area contributed by atoms with E-state index in [-0.39, 0.29) is 69.1 Å². The summed E-state index contributed by atoms with van der Waals surface area (Å²) >= 11 is 0. The Balaban J connectivity index is 0.00000400. The van der Waals surface area contributed by atoms with Crippen molar-refractivity contribution in [2.75, 3.05) is 6.61 Å². The zero-order valence-corrected chi connectivity index (χ0v) is 29.9. The Hall–Kier alpha value is -2.58. The molecular weight excluding hydrogens is 596 g/mol. The Morgan fingerprint density at radius 2 is 1.76 bits per heavy atom. The van der Waals surface area contributed by atoms with Gasteiger partial charge in [-0.05, 0) is 74.8 Å². The molecule has 1 fully saturated rings. The van der Waals surface area contributed by atoms with Crippen molar-refractivity contribution in [3.8, 4) is 22.5 Å². The SMILES string of the molecule is CCCc1c(Cc2ccc(-c3ccccc3-c3nn[nH]n3)cc2)c(=O)n(C2CCC(OCC(C)(C)O)CC2)c2nc(C)nn12.[K]. The molecule has 0 saturated heterocycles. The quantitative estimate of drug-likeness (QED) is 0.215. The Morgan fingerprint density at radius 1 is 1.04 bits per heavy atom. The van der Waals surface area contributed by atoms with E-state index in [0.29, 0.717) is 30.5 Å². The second-order valence-corrected chi connectivity index (χ2v) is 12.4. The Labute approximate surface area is 305 Å². The molecule has 1 radical (unpaired) electrons. The number of hydrogen-bond donors (Lipinski definition) is 2. The molecule has 45 heavy (non-hydrogen) atoms. The van der Waals surface area contributed by atoms with Crippen molar-refractivity contribution in [2.45, 2.75) is 90.4 Å². The van der Waals surface area contributed by atoms with Crippen LogP contribution in [-0.2, 0) is 17.6 Å². The first-order valence-corrected chi connectivity index (χ1v) is 15.5. The van der Waals surface area contributed by atoms with Crippen molar-refractivity contribution in [2.24, 2.45) is 0 Å². The van der Waals surface area contributed by atoms with E-state index >= 15 is 0 Å². The molecule has 1 aliphatic rings. The average Bonchev–Trinajstić information content (AvgIpc) is 3.69. The van der Waals surface area contributed by atoms with Gasteiger partial charge in [0.25, 0.3) is 5.56 Å². The fourth-order valence-corrected chi connectivity index (χ4v) is 6.23. The number of fused-ring (bicyclic) bond motifs is 1. The van der Waals surface area contributed by atoms with Gasteiger partial charge in [0, 0.05) is 75.0 Å². The molecule has 5 aromatic rings. The van der Waals surface area contributed by atoms with E-state index in [2.05, 4.69) is 51.8 Å². The second kappa shape index (κ2) is 14.5. The van der Waals surface area contributed by atoms with Crippen LogP contribution in [0.1, 0.15) is 81.6 Å². The van der Waals surface area contributed by atoms with E-state index in [1.165, 1.54) is 0 Å². The van der Waals surface area contributed by atoms with E-state index in [1.54, 1.807) is 13.8 Å². The molecule has 0 atom stereocenters. The van der Waals surface area contributed by atoms with Gasteiger partial charge < -0.3 is 9.84 Å². The topological polar surface area (TPSA) is 136 Å². The number of ether oxygens (including phenoxy) is 1. The standard InChI is InChI=1S/C33H40N8O3.K/c1-5-8-29-28(19-22-11-13-23(14-12-22)26-9-6-7-10-27(26)30-35-38-39-36-30)31(42)40(32-34-21(2)37-41(29)32)24-15-17-25(18-16-24)44-20-33(3,4)43;/h6-7,9-14,24-25,43H,5,8,15-20H2,1-4H3,(H,35,36,38,39);. The number of aliphatic hydroxyl groups is 1. The summed E-state index contributed by atoms with van der Waals surface area (Å²) in [6.07, 6.45) is 5.46. The molecule has 2 aromatic carbocycles. The first kappa shape index (κ1) is 33.8. The van der Waals surface area contributed by atoms with E-state index in [0.717, 1.165) is 72.0 Å². The molecule has 0 unspecified atom stereocenters. The fraction of sp³-hybridized carbons (Fsp3) is 0.455. The van der Waals surface area contributed by atoms with Crippen LogP contribution in [0.15, 0.2) is 53.3 Å². The van der Waals surface area contributed by atoms with Gasteiger partial charge in [-0.3, -0.25) is 9.36 Å². The van der Waals surface area contributed by atoms with Crippen LogP contribution in [-0.4, -0.2) is 115 Å². The molecular formula is C33H40KN8O3. The van der Waals surface area contributed by atoms with E-state index < -0.39 is 5.60 Å². The molecule has 0 amide bonds. The number of nitrogens with one attached hydrogen (secondary N) is 1. The minimum absolute atomic E-state index is 0. The largest absolute Gasteiger partial charge is 0.388 e. The summed E-state index contributed by atoms with van der Waals surface area (Å²) in [6, 6.07) is 16.3. The van der Waals surface area contributed by atoms with Gasteiger partial charge in [-0.25, -0.2) is 4.52 Å². The van der Waals surface area contributed by atoms with Gasteiger partial charge in [-0.15, -0.1) is 10.2 Å². The second-order valence-electron chi connectivity index (χ2n) is 12.4. The number of rotatable bonds is 10. The molecule has 2 N–H and O–H groups in total. The minimum atomic E-state index is -0.862. The molecule has 231 valence electrons. The maximum absolute atomic E-state index is 14.4. The van der Waals surface area contributed by atoms with Crippen molar-refractivity contribution in [3.63, 3.8) is 0 Å². The Bertz CT molecular complexity index is 1780. The first-order chi connectivity index (χ1) is 21.2. The summed E-state index contributed by atoms with van der Waals surface area (Å²) in [7, 11) is 0. The molecule has 11 nitrogen and oxygen atoms in total. The summed E-state index contributed by atoms with van der Waals surface area (Å²) < 4.78 is 9.78. The number of aromatic amines is 1. The molecule has 1 aliphatic carbocycles. The number of aryl methyl sites for hydroxylation is 2. The summed E-state index contributed by atoms with van der Waals surface area (Å²) in [6.45, 7) is 7.81. The van der Waals surface area contributed by atoms with Crippen molar-refractivity contribution < 1.29 is 9.84 Å². The number of benzene rings is 2. The van der Waals surface area contributed by atoms with Crippen LogP contribution in [0, 0.1) is 6.92 Å². The van der Waals surface area contributed by atoms with Gasteiger partial charge in [0.15, 0.2) is 0 Å². The van der Waals surface area contributed by atoms with Crippen molar-refractivity contribution >= 4 is 57.2 Å². The maximum Gasteiger partial charge on any atom is 0.259 e. The van der Waals surface area contributed by atoms with Gasteiger partial charge >= 0.3 is 0 Å². The molecule has 0 spiro atoms. The maximum atomic E-state index is 14.4. The van der Waals surface area contributed by atoms with Crippen LogP contribution in [0.2, 0.25) is 0 Å². The van der Waals surface area contributed by atoms with E-state index in [4.69, 9.17) is 14.8 Å². The van der Waals surface area contributed by atoms with Crippen molar-refractivity contribution in [1.82, 2.24) is 39.8 Å². The summed E-state index contributed by atoms with van der Waals surface area (Å²) in [5, 5.41) is 29.4.